The van der Waals surface area contributed by atoms with Gasteiger partial charge in [0.15, 0.2) is 5.78 Å². The Morgan fingerprint density at radius 3 is 2.38 bits per heavy atom. The summed E-state index contributed by atoms with van der Waals surface area (Å²) >= 11 is 0. The summed E-state index contributed by atoms with van der Waals surface area (Å²) in [5.41, 5.74) is -0.617. The summed E-state index contributed by atoms with van der Waals surface area (Å²) < 4.78 is 6.01. The molecule has 2 bridgehead atoms. The highest BCUT2D eigenvalue weighted by molar-refractivity contribution is 6.00. The smallest absolute Gasteiger partial charge is 0.322 e. The number of aliphatic hydroxyl groups excluding tert-OH is 1. The number of aliphatic hydroxyl groups is 2. The number of carbonyl (C=O) groups is 2. The van der Waals surface area contributed by atoms with Crippen LogP contribution in [0.15, 0.2) is 54.1 Å². The molecule has 7 nitrogen and oxygen atoms in total. The summed E-state index contributed by atoms with van der Waals surface area (Å²) in [4.78, 5) is 30.6. The van der Waals surface area contributed by atoms with E-state index in [0.717, 1.165) is 81.9 Å². The van der Waals surface area contributed by atoms with Gasteiger partial charge in [-0.2, -0.15) is 0 Å². The normalized spacial score (nSPS) is 43.2. The molecule has 4 saturated carbocycles. The molecule has 260 valence electrons. The Labute approximate surface area is 286 Å². The van der Waals surface area contributed by atoms with Crippen LogP contribution in [0.3, 0.4) is 0 Å². The number of carbonyl (C=O) groups excluding carboxylic acids is 2. The Morgan fingerprint density at radius 2 is 1.62 bits per heavy atom. The maximum Gasteiger partial charge on any atom is 0.322 e. The Kier molecular flexibility index (Phi) is 8.04. The maximum atomic E-state index is 14.8. The highest BCUT2D eigenvalue weighted by Gasteiger charge is 2.74. The predicted molar refractivity (Wildman–Crippen MR) is 186 cm³/mol. The number of allylic oxidation sites excluding steroid dienone is 4. The average molecular weight is 657 g/mol. The molecule has 9 rings (SSSR count). The molecule has 2 spiro atoms. The van der Waals surface area contributed by atoms with E-state index < -0.39 is 16.4 Å². The number of Topliss-reactive ketones (excluding diaryl/α,β-unsaturated/α-hetero) is 1. The number of fused-ring (bicyclic) bond motifs is 1. The van der Waals surface area contributed by atoms with Gasteiger partial charge in [0.2, 0.25) is 0 Å². The molecule has 1 aromatic rings. The number of rotatable bonds is 7. The van der Waals surface area contributed by atoms with Gasteiger partial charge in [0, 0.05) is 46.6 Å². The Hall–Kier alpha value is -2.48. The van der Waals surface area contributed by atoms with Crippen LogP contribution in [0.25, 0.3) is 0 Å². The fourth-order valence-electron chi connectivity index (χ4n) is 12.5. The zero-order valence-corrected chi connectivity index (χ0v) is 29.1. The molecule has 1 saturated heterocycles. The standard InChI is InChI=1S/C41H56N2O5/c1-37-18-15-30(44)24-39(37)21-22-41(32(25-39)35(45)28-10-5-3-6-11-28)33(37)16-19-38(2)34(41)17-20-40(38,47)27-43(26-31-14-9-23-48-31)36(46)42-29-12-7-4-8-13-29/h4,7-8,12-13,21-22,25,28,30-31,33-34,44,47H,3,5-6,9-11,14-20,23-24,26-27H2,1-2H3,(H,42,46)/t30?,31-,33-,34-,37-,38+,39+,40-,41-/m1/s1. The van der Waals surface area contributed by atoms with E-state index in [2.05, 4.69) is 37.4 Å². The fourth-order valence-corrected chi connectivity index (χ4v) is 12.5. The van der Waals surface area contributed by atoms with Crippen LogP contribution in [-0.4, -0.2) is 64.4 Å². The first-order valence-corrected chi connectivity index (χ1v) is 19.1. The Morgan fingerprint density at radius 1 is 0.896 bits per heavy atom. The first-order chi connectivity index (χ1) is 23.0. The molecule has 7 aliphatic carbocycles. The van der Waals surface area contributed by atoms with E-state index in [1.54, 1.807) is 0 Å². The van der Waals surface area contributed by atoms with Crippen LogP contribution in [0.5, 0.6) is 0 Å². The van der Waals surface area contributed by atoms with Crippen molar-refractivity contribution in [2.24, 2.45) is 39.4 Å². The number of ketones is 1. The van der Waals surface area contributed by atoms with Crippen LogP contribution in [0, 0.1) is 39.4 Å². The number of benzene rings is 1. The first kappa shape index (κ1) is 32.7. The minimum atomic E-state index is -1.10. The molecule has 0 radical (unpaired) electrons. The second-order valence-electron chi connectivity index (χ2n) is 17.3. The molecule has 3 N–H and O–H groups in total. The van der Waals surface area contributed by atoms with E-state index in [4.69, 9.17) is 4.74 Å². The topological polar surface area (TPSA) is 99.1 Å². The van der Waals surface area contributed by atoms with Gasteiger partial charge in [-0.05, 0) is 100 Å². The number of para-hydroxylation sites is 1. The van der Waals surface area contributed by atoms with Crippen molar-refractivity contribution in [3.05, 3.63) is 54.1 Å². The summed E-state index contributed by atoms with van der Waals surface area (Å²) in [7, 11) is 0. The van der Waals surface area contributed by atoms with Gasteiger partial charge in [0.05, 0.1) is 24.4 Å². The summed E-state index contributed by atoms with van der Waals surface area (Å²) in [5.74, 6) is 0.792. The SMILES string of the molecule is C[C@]12CC[C@H]3[C@]4(C=C[C@@]5(C=C4C(=O)C4CCCCC4)CC(O)CC[C@]35C)[C@@H]1CC[C@@]2(O)CN(C[C@H]1CCCO1)C(=O)Nc1ccccc1. The largest absolute Gasteiger partial charge is 0.393 e. The molecule has 5 fully saturated rings. The molecule has 1 aliphatic heterocycles. The molecular formula is C41H56N2O5. The lowest BCUT2D eigenvalue weighted by Gasteiger charge is -2.71. The van der Waals surface area contributed by atoms with Crippen LogP contribution >= 0.6 is 0 Å². The predicted octanol–water partition coefficient (Wildman–Crippen LogP) is 7.44. The van der Waals surface area contributed by atoms with Crippen molar-refractivity contribution in [3.63, 3.8) is 0 Å². The van der Waals surface area contributed by atoms with Crippen LogP contribution < -0.4 is 5.32 Å². The lowest BCUT2D eigenvalue weighted by atomic mass is 9.32. The first-order valence-electron chi connectivity index (χ1n) is 19.1. The number of urea groups is 1. The van der Waals surface area contributed by atoms with Crippen LogP contribution in [0.1, 0.15) is 104 Å². The third kappa shape index (κ3) is 4.76. The number of anilines is 1. The van der Waals surface area contributed by atoms with Gasteiger partial charge >= 0.3 is 6.03 Å². The van der Waals surface area contributed by atoms with Gasteiger partial charge in [-0.25, -0.2) is 4.79 Å². The molecule has 0 aromatic heterocycles. The lowest BCUT2D eigenvalue weighted by molar-refractivity contribution is -0.178. The van der Waals surface area contributed by atoms with E-state index in [1.807, 2.05) is 35.2 Å². The van der Waals surface area contributed by atoms with Crippen molar-refractivity contribution in [2.75, 3.05) is 25.0 Å². The molecule has 48 heavy (non-hydrogen) atoms. The fraction of sp³-hybridized carbons (Fsp3) is 0.707. The Bertz CT molecular complexity index is 1480. The molecule has 7 heteroatoms. The second kappa shape index (κ2) is 11.8. The number of amides is 2. The molecule has 2 amide bonds. The minimum absolute atomic E-state index is 0.0357. The van der Waals surface area contributed by atoms with E-state index in [9.17, 15) is 19.8 Å². The maximum absolute atomic E-state index is 14.8. The highest BCUT2D eigenvalue weighted by Crippen LogP contribution is 2.78. The van der Waals surface area contributed by atoms with Crippen LogP contribution in [0.4, 0.5) is 10.5 Å². The number of hydrogen-bond acceptors (Lipinski definition) is 5. The zero-order valence-electron chi connectivity index (χ0n) is 29.1. The van der Waals surface area contributed by atoms with Gasteiger partial charge in [-0.15, -0.1) is 0 Å². The summed E-state index contributed by atoms with van der Waals surface area (Å²) in [6.07, 6.45) is 19.7. The van der Waals surface area contributed by atoms with E-state index in [0.29, 0.717) is 37.7 Å². The van der Waals surface area contributed by atoms with Crippen LogP contribution in [-0.2, 0) is 9.53 Å². The van der Waals surface area contributed by atoms with E-state index >= 15 is 0 Å². The highest BCUT2D eigenvalue weighted by atomic mass is 16.5. The van der Waals surface area contributed by atoms with E-state index in [-0.39, 0.29) is 47.4 Å². The monoisotopic (exact) mass is 656 g/mol. The summed E-state index contributed by atoms with van der Waals surface area (Å²) in [6.45, 7) is 6.12. The average Bonchev–Trinajstić information content (AvgIpc) is 3.70. The molecule has 9 atom stereocenters. The van der Waals surface area contributed by atoms with Gasteiger partial charge in [-0.1, -0.05) is 69.5 Å². The van der Waals surface area contributed by atoms with Crippen molar-refractivity contribution in [1.29, 1.82) is 0 Å². The minimum Gasteiger partial charge on any atom is -0.393 e. The number of nitrogens with zero attached hydrogens (tertiary/aromatic N) is 1. The van der Waals surface area contributed by atoms with Gasteiger partial charge in [0.1, 0.15) is 0 Å². The van der Waals surface area contributed by atoms with Gasteiger partial charge in [-0.3, -0.25) is 4.79 Å². The van der Waals surface area contributed by atoms with Gasteiger partial charge < -0.3 is 25.2 Å². The molecular weight excluding hydrogens is 600 g/mol. The quantitative estimate of drug-likeness (QED) is 0.265. The Balaban J connectivity index is 1.16. The van der Waals surface area contributed by atoms with E-state index in [1.165, 1.54) is 6.42 Å². The molecule has 1 aromatic carbocycles. The van der Waals surface area contributed by atoms with Crippen molar-refractivity contribution in [3.8, 4) is 0 Å². The third-order valence-electron chi connectivity index (χ3n) is 15.2. The number of nitrogens with one attached hydrogen (secondary N) is 1. The van der Waals surface area contributed by atoms with Crippen molar-refractivity contribution < 1.29 is 24.5 Å². The summed E-state index contributed by atoms with van der Waals surface area (Å²) in [6, 6.07) is 9.35. The second-order valence-corrected chi connectivity index (χ2v) is 17.3. The van der Waals surface area contributed by atoms with Crippen LogP contribution in [0.2, 0.25) is 0 Å². The third-order valence-corrected chi connectivity index (χ3v) is 15.2. The van der Waals surface area contributed by atoms with Crippen molar-refractivity contribution in [2.45, 2.75) is 122 Å². The lowest BCUT2D eigenvalue weighted by Crippen LogP contribution is -2.67. The van der Waals surface area contributed by atoms with Crippen molar-refractivity contribution >= 4 is 17.5 Å². The zero-order chi connectivity index (χ0) is 33.4. The molecule has 8 aliphatic rings. The molecule has 1 unspecified atom stereocenters. The van der Waals surface area contributed by atoms with Gasteiger partial charge in [0.25, 0.3) is 0 Å². The number of hydrogen-bond donors (Lipinski definition) is 3. The summed E-state index contributed by atoms with van der Waals surface area (Å²) in [5, 5.41) is 27.1. The molecule has 1 heterocycles. The number of ether oxygens (including phenoxy) is 1. The van der Waals surface area contributed by atoms with Crippen molar-refractivity contribution in [1.82, 2.24) is 4.90 Å².